The number of rotatable bonds is 5. The van der Waals surface area contributed by atoms with Gasteiger partial charge in [-0.15, -0.1) is 0 Å². The average molecular weight is 392 g/mol. The van der Waals surface area contributed by atoms with E-state index in [-0.39, 0.29) is 23.7 Å². The third-order valence-corrected chi connectivity index (χ3v) is 4.65. The number of halogens is 1. The number of benzene rings is 3. The quantitative estimate of drug-likeness (QED) is 0.474. The molecule has 0 amide bonds. The second-order valence-corrected chi connectivity index (χ2v) is 6.70. The highest BCUT2D eigenvalue weighted by Gasteiger charge is 2.17. The molecule has 0 fully saturated rings. The van der Waals surface area contributed by atoms with Crippen LogP contribution in [0.1, 0.15) is 26.3 Å². The lowest BCUT2D eigenvalue weighted by molar-refractivity contribution is 0.0969. The molecule has 1 heterocycles. The van der Waals surface area contributed by atoms with Gasteiger partial charge in [-0.05, 0) is 30.3 Å². The summed E-state index contributed by atoms with van der Waals surface area (Å²) in [6.07, 6.45) is 0. The summed E-state index contributed by atoms with van der Waals surface area (Å²) in [4.78, 5) is 37.3. The molecule has 6 heteroatoms. The first-order valence-electron chi connectivity index (χ1n) is 8.55. The van der Waals surface area contributed by atoms with E-state index in [1.165, 1.54) is 10.6 Å². The number of ketones is 2. The summed E-state index contributed by atoms with van der Waals surface area (Å²) < 4.78 is 6.53. The molecule has 0 N–H and O–H groups in total. The summed E-state index contributed by atoms with van der Waals surface area (Å²) in [5.41, 5.74) is 2.02. The topological polar surface area (TPSA) is 69.3 Å². The van der Waals surface area contributed by atoms with E-state index < -0.39 is 5.76 Å². The number of Topliss-reactive ketones (excluding diaryl/α,β-unsaturated/α-hetero) is 1. The maximum absolute atomic E-state index is 12.7. The van der Waals surface area contributed by atoms with Crippen LogP contribution >= 0.6 is 11.6 Å². The molecule has 0 aliphatic carbocycles. The van der Waals surface area contributed by atoms with Gasteiger partial charge in [0.15, 0.2) is 17.1 Å². The lowest BCUT2D eigenvalue weighted by Gasteiger charge is -2.04. The third-order valence-electron chi connectivity index (χ3n) is 4.41. The van der Waals surface area contributed by atoms with Crippen molar-refractivity contribution in [2.75, 3.05) is 0 Å². The number of nitrogens with zero attached hydrogens (tertiary/aromatic N) is 1. The molecule has 0 atom stereocenters. The van der Waals surface area contributed by atoms with Gasteiger partial charge >= 0.3 is 5.76 Å². The van der Waals surface area contributed by atoms with Crippen LogP contribution in [-0.4, -0.2) is 16.1 Å². The van der Waals surface area contributed by atoms with Crippen molar-refractivity contribution in [3.63, 3.8) is 0 Å². The van der Waals surface area contributed by atoms with E-state index in [4.69, 9.17) is 16.0 Å². The van der Waals surface area contributed by atoms with Crippen molar-refractivity contribution in [1.29, 1.82) is 0 Å². The van der Waals surface area contributed by atoms with Gasteiger partial charge in [-0.25, -0.2) is 4.79 Å². The third kappa shape index (κ3) is 3.40. The van der Waals surface area contributed by atoms with E-state index in [2.05, 4.69) is 0 Å². The molecule has 3 aromatic carbocycles. The molecule has 0 aliphatic heterocycles. The zero-order chi connectivity index (χ0) is 19.7. The maximum atomic E-state index is 12.7. The van der Waals surface area contributed by atoms with Gasteiger partial charge in [0.05, 0.1) is 12.1 Å². The summed E-state index contributed by atoms with van der Waals surface area (Å²) in [5.74, 6) is -1.09. The fourth-order valence-corrected chi connectivity index (χ4v) is 3.20. The highest BCUT2D eigenvalue weighted by molar-refractivity contribution is 6.31. The number of fused-ring (bicyclic) bond motifs is 1. The fraction of sp³-hybridized carbons (Fsp3) is 0.0455. The molecule has 0 spiro atoms. The van der Waals surface area contributed by atoms with Crippen molar-refractivity contribution >= 4 is 34.3 Å². The van der Waals surface area contributed by atoms with Crippen molar-refractivity contribution in [2.24, 2.45) is 0 Å². The van der Waals surface area contributed by atoms with Crippen LogP contribution in [0.4, 0.5) is 0 Å². The fourth-order valence-electron chi connectivity index (χ4n) is 3.01. The monoisotopic (exact) mass is 391 g/mol. The normalized spacial score (nSPS) is 10.9. The zero-order valence-electron chi connectivity index (χ0n) is 14.6. The molecular weight excluding hydrogens is 378 g/mol. The maximum Gasteiger partial charge on any atom is 0.420 e. The van der Waals surface area contributed by atoms with E-state index in [0.717, 1.165) is 0 Å². The second-order valence-electron chi connectivity index (χ2n) is 6.27. The molecule has 0 saturated carbocycles. The van der Waals surface area contributed by atoms with Gasteiger partial charge in [-0.3, -0.25) is 14.2 Å². The van der Waals surface area contributed by atoms with Crippen LogP contribution in [0.5, 0.6) is 0 Å². The molecule has 0 unspecified atom stereocenters. The molecular formula is C22H14ClNO4. The van der Waals surface area contributed by atoms with Gasteiger partial charge in [0, 0.05) is 21.7 Å². The van der Waals surface area contributed by atoms with Crippen molar-refractivity contribution in [3.8, 4) is 0 Å². The van der Waals surface area contributed by atoms with E-state index in [9.17, 15) is 14.4 Å². The number of hydrogen-bond donors (Lipinski definition) is 0. The summed E-state index contributed by atoms with van der Waals surface area (Å²) in [6.45, 7) is -0.141. The van der Waals surface area contributed by atoms with Crippen LogP contribution in [0.15, 0.2) is 82.0 Å². The molecule has 4 rings (SSSR count). The smallest absolute Gasteiger partial charge is 0.408 e. The molecule has 0 radical (unpaired) electrons. The minimum atomic E-state index is -0.647. The Labute approximate surface area is 164 Å². The minimum Gasteiger partial charge on any atom is -0.408 e. The molecule has 4 aromatic rings. The summed E-state index contributed by atoms with van der Waals surface area (Å²) >= 11 is 5.95. The van der Waals surface area contributed by atoms with E-state index in [1.807, 2.05) is 6.07 Å². The van der Waals surface area contributed by atoms with Gasteiger partial charge in [-0.2, -0.15) is 0 Å². The molecule has 0 aliphatic rings. The van der Waals surface area contributed by atoms with Crippen LogP contribution in [0, 0.1) is 0 Å². The predicted octanol–water partition coefficient (Wildman–Crippen LogP) is 4.36. The molecule has 5 nitrogen and oxygen atoms in total. The number of oxazole rings is 1. The van der Waals surface area contributed by atoms with E-state index in [1.54, 1.807) is 60.7 Å². The molecule has 0 saturated heterocycles. The van der Waals surface area contributed by atoms with Gasteiger partial charge in [0.1, 0.15) is 0 Å². The predicted molar refractivity (Wildman–Crippen MR) is 106 cm³/mol. The molecule has 138 valence electrons. The van der Waals surface area contributed by atoms with Crippen molar-refractivity contribution in [1.82, 2.24) is 4.57 Å². The number of carbonyl (C=O) groups is 2. The Balaban J connectivity index is 1.68. The minimum absolute atomic E-state index is 0.141. The highest BCUT2D eigenvalue weighted by atomic mass is 35.5. The summed E-state index contributed by atoms with van der Waals surface area (Å²) in [6, 6.07) is 20.1. The summed E-state index contributed by atoms with van der Waals surface area (Å²) in [7, 11) is 0. The van der Waals surface area contributed by atoms with Gasteiger partial charge in [0.25, 0.3) is 0 Å². The SMILES string of the molecule is O=C(Cn1c(=O)oc2cc(C(=O)c3cccc(Cl)c3)ccc21)c1ccccc1. The Morgan fingerprint density at radius 2 is 1.57 bits per heavy atom. The first-order chi connectivity index (χ1) is 13.5. The number of hydrogen-bond acceptors (Lipinski definition) is 4. The Hall–Kier alpha value is -3.44. The van der Waals surface area contributed by atoms with Crippen LogP contribution in [-0.2, 0) is 6.54 Å². The zero-order valence-corrected chi connectivity index (χ0v) is 15.3. The Kier molecular flexibility index (Phi) is 4.67. The number of carbonyl (C=O) groups excluding carboxylic acids is 2. The standard InChI is InChI=1S/C22H14ClNO4/c23-17-8-4-7-15(11-17)21(26)16-9-10-18-20(12-16)28-22(27)24(18)13-19(25)14-5-2-1-3-6-14/h1-12H,13H2. The van der Waals surface area contributed by atoms with Crippen molar-refractivity contribution in [3.05, 3.63) is 105 Å². The van der Waals surface area contributed by atoms with E-state index >= 15 is 0 Å². The molecule has 28 heavy (non-hydrogen) atoms. The largest absolute Gasteiger partial charge is 0.420 e. The van der Waals surface area contributed by atoms with Gasteiger partial charge < -0.3 is 4.42 Å². The Morgan fingerprint density at radius 1 is 0.857 bits per heavy atom. The molecule has 1 aromatic heterocycles. The van der Waals surface area contributed by atoms with Crippen molar-refractivity contribution in [2.45, 2.75) is 6.54 Å². The first-order valence-corrected chi connectivity index (χ1v) is 8.92. The van der Waals surface area contributed by atoms with Crippen LogP contribution in [0.2, 0.25) is 5.02 Å². The lowest BCUT2D eigenvalue weighted by Crippen LogP contribution is -2.20. The molecule has 0 bridgehead atoms. The first kappa shape index (κ1) is 17.9. The van der Waals surface area contributed by atoms with Crippen LogP contribution in [0.3, 0.4) is 0 Å². The number of aromatic nitrogens is 1. The van der Waals surface area contributed by atoms with Gasteiger partial charge in [0.2, 0.25) is 0 Å². The lowest BCUT2D eigenvalue weighted by atomic mass is 10.0. The second kappa shape index (κ2) is 7.29. The Bertz CT molecular complexity index is 1250. The van der Waals surface area contributed by atoms with Crippen LogP contribution in [0.25, 0.3) is 11.1 Å². The van der Waals surface area contributed by atoms with Crippen molar-refractivity contribution < 1.29 is 14.0 Å². The Morgan fingerprint density at radius 3 is 2.32 bits per heavy atom. The summed E-state index contributed by atoms with van der Waals surface area (Å²) in [5, 5.41) is 0.462. The highest BCUT2D eigenvalue weighted by Crippen LogP contribution is 2.20. The average Bonchev–Trinajstić information content (AvgIpc) is 3.02. The van der Waals surface area contributed by atoms with Crippen LogP contribution < -0.4 is 5.76 Å². The van der Waals surface area contributed by atoms with Gasteiger partial charge in [-0.1, -0.05) is 54.1 Å². The van der Waals surface area contributed by atoms with E-state index in [0.29, 0.717) is 27.2 Å².